The third-order valence-corrected chi connectivity index (χ3v) is 5.61. The lowest BCUT2D eigenvalue weighted by Crippen LogP contribution is -2.15. The number of thiazole rings is 1. The van der Waals surface area contributed by atoms with Crippen molar-refractivity contribution in [1.29, 1.82) is 0 Å². The predicted octanol–water partition coefficient (Wildman–Crippen LogP) is 4.38. The number of rotatable bonds is 6. The lowest BCUT2D eigenvalue weighted by Gasteiger charge is -2.12. The van der Waals surface area contributed by atoms with Crippen molar-refractivity contribution in [3.05, 3.63) is 57.9 Å². The van der Waals surface area contributed by atoms with E-state index in [2.05, 4.69) is 10.3 Å². The molecule has 1 aliphatic rings. The minimum absolute atomic E-state index is 0.00125. The summed E-state index contributed by atoms with van der Waals surface area (Å²) in [5, 5.41) is 5.85. The number of anilines is 1. The van der Waals surface area contributed by atoms with E-state index in [1.54, 1.807) is 23.5 Å². The number of carbonyl (C=O) groups is 2. The lowest BCUT2D eigenvalue weighted by molar-refractivity contribution is -0.118. The van der Waals surface area contributed by atoms with Crippen LogP contribution in [0.3, 0.4) is 0 Å². The van der Waals surface area contributed by atoms with Crippen LogP contribution in [-0.4, -0.2) is 31.1 Å². The van der Waals surface area contributed by atoms with Crippen molar-refractivity contribution in [2.75, 3.05) is 19.5 Å². The van der Waals surface area contributed by atoms with E-state index in [4.69, 9.17) is 14.2 Å². The Morgan fingerprint density at radius 2 is 1.93 bits per heavy atom. The van der Waals surface area contributed by atoms with Gasteiger partial charge in [-0.2, -0.15) is 0 Å². The fourth-order valence-electron chi connectivity index (χ4n) is 3.43. The number of ether oxygens (including phenoxy) is 3. The summed E-state index contributed by atoms with van der Waals surface area (Å²) < 4.78 is 16.0. The smallest absolute Gasteiger partial charge is 0.343 e. The number of nitrogens with zero attached hydrogens (tertiary/aromatic N) is 1. The average Bonchev–Trinajstić information content (AvgIpc) is 3.31. The van der Waals surface area contributed by atoms with Crippen LogP contribution in [-0.2, 0) is 9.53 Å². The van der Waals surface area contributed by atoms with Crippen LogP contribution >= 0.6 is 11.3 Å². The highest BCUT2D eigenvalue weighted by molar-refractivity contribution is 7.09. The molecule has 1 N–H and O–H groups in total. The van der Waals surface area contributed by atoms with Gasteiger partial charge in [0.25, 0.3) is 0 Å². The number of esters is 1. The van der Waals surface area contributed by atoms with Crippen LogP contribution in [0.2, 0.25) is 0 Å². The zero-order chi connectivity index (χ0) is 21.3. The number of carbonyl (C=O) groups excluding carboxylic acids is 2. The van der Waals surface area contributed by atoms with E-state index in [0.29, 0.717) is 28.3 Å². The zero-order valence-corrected chi connectivity index (χ0v) is 17.5. The van der Waals surface area contributed by atoms with Crippen molar-refractivity contribution in [1.82, 2.24) is 4.98 Å². The van der Waals surface area contributed by atoms with E-state index >= 15 is 0 Å². The molecule has 1 unspecified atom stereocenters. The lowest BCUT2D eigenvalue weighted by atomic mass is 10.0. The summed E-state index contributed by atoms with van der Waals surface area (Å²) in [5.41, 5.74) is 3.47. The molecular formula is C22H20N2O5S. The monoisotopic (exact) mass is 424 g/mol. The molecule has 0 fully saturated rings. The molecule has 1 atom stereocenters. The van der Waals surface area contributed by atoms with E-state index in [1.807, 2.05) is 36.6 Å². The van der Waals surface area contributed by atoms with Crippen molar-refractivity contribution >= 4 is 28.9 Å². The van der Waals surface area contributed by atoms with Crippen LogP contribution in [0.15, 0.2) is 41.8 Å². The van der Waals surface area contributed by atoms with Crippen molar-refractivity contribution in [2.45, 2.75) is 19.4 Å². The summed E-state index contributed by atoms with van der Waals surface area (Å²) in [6.07, 6.45) is -0.675. The fraction of sp³-hybridized carbons (Fsp3) is 0.227. The summed E-state index contributed by atoms with van der Waals surface area (Å²) in [6.45, 7) is 1.96. The number of amides is 1. The molecule has 30 heavy (non-hydrogen) atoms. The number of fused-ring (bicyclic) bond motifs is 1. The molecule has 0 bridgehead atoms. The Bertz CT molecular complexity index is 1110. The highest BCUT2D eigenvalue weighted by atomic mass is 32.1. The summed E-state index contributed by atoms with van der Waals surface area (Å²) in [6, 6.07) is 10.9. The standard InChI is InChI=1S/C22H20N2O5S/c1-12-23-16(11-30-12)13-4-6-14(7-5-13)24-19(25)10-18-15-8-9-17(27-2)21(28-3)20(15)22(26)29-18/h4-9,11,18H,10H2,1-3H3,(H,24,25). The van der Waals surface area contributed by atoms with Gasteiger partial charge in [0, 0.05) is 22.2 Å². The summed E-state index contributed by atoms with van der Waals surface area (Å²) in [4.78, 5) is 29.4. The van der Waals surface area contributed by atoms with Gasteiger partial charge in [-0.05, 0) is 25.1 Å². The van der Waals surface area contributed by atoms with Crippen LogP contribution in [0, 0.1) is 6.92 Å². The maximum Gasteiger partial charge on any atom is 0.343 e. The highest BCUT2D eigenvalue weighted by Crippen LogP contribution is 2.43. The SMILES string of the molecule is COc1ccc2c(c1OC)C(=O)OC2CC(=O)Nc1ccc(-c2csc(C)n2)cc1. The first-order valence-electron chi connectivity index (χ1n) is 9.28. The number of cyclic esters (lactones) is 1. The van der Waals surface area contributed by atoms with Gasteiger partial charge in [-0.3, -0.25) is 4.79 Å². The second kappa shape index (κ2) is 8.16. The average molecular weight is 424 g/mol. The molecular weight excluding hydrogens is 404 g/mol. The maximum absolute atomic E-state index is 12.6. The van der Waals surface area contributed by atoms with E-state index in [-0.39, 0.29) is 12.3 Å². The molecule has 3 aromatic rings. The van der Waals surface area contributed by atoms with Gasteiger partial charge in [0.2, 0.25) is 5.91 Å². The number of hydrogen-bond donors (Lipinski definition) is 1. The van der Waals surface area contributed by atoms with Crippen LogP contribution < -0.4 is 14.8 Å². The van der Waals surface area contributed by atoms with E-state index in [0.717, 1.165) is 16.3 Å². The fourth-order valence-corrected chi connectivity index (χ4v) is 4.05. The second-order valence-corrected chi connectivity index (χ2v) is 7.80. The first-order valence-corrected chi connectivity index (χ1v) is 10.2. The zero-order valence-electron chi connectivity index (χ0n) is 16.7. The normalized spacial score (nSPS) is 14.8. The van der Waals surface area contributed by atoms with E-state index in [1.165, 1.54) is 14.2 Å². The van der Waals surface area contributed by atoms with Gasteiger partial charge in [0.1, 0.15) is 11.7 Å². The molecule has 154 valence electrons. The first-order chi connectivity index (χ1) is 14.5. The second-order valence-electron chi connectivity index (χ2n) is 6.74. The Labute approximate surface area is 177 Å². The Kier molecular flexibility index (Phi) is 5.41. The number of hydrogen-bond acceptors (Lipinski definition) is 7. The number of aryl methyl sites for hydroxylation is 1. The molecule has 1 amide bonds. The molecule has 1 aliphatic heterocycles. The summed E-state index contributed by atoms with van der Waals surface area (Å²) in [5.74, 6) is -0.0291. The first kappa shape index (κ1) is 19.9. The number of nitrogens with one attached hydrogen (secondary N) is 1. The van der Waals surface area contributed by atoms with Crippen molar-refractivity contribution < 1.29 is 23.8 Å². The minimum Gasteiger partial charge on any atom is -0.493 e. The van der Waals surface area contributed by atoms with E-state index in [9.17, 15) is 9.59 Å². The third kappa shape index (κ3) is 3.73. The van der Waals surface area contributed by atoms with Crippen molar-refractivity contribution in [2.24, 2.45) is 0 Å². The quantitative estimate of drug-likeness (QED) is 0.591. The summed E-state index contributed by atoms with van der Waals surface area (Å²) >= 11 is 1.59. The number of methoxy groups -OCH3 is 2. The third-order valence-electron chi connectivity index (χ3n) is 4.83. The molecule has 8 heteroatoms. The molecule has 2 aromatic carbocycles. The van der Waals surface area contributed by atoms with Crippen molar-refractivity contribution in [3.8, 4) is 22.8 Å². The molecule has 4 rings (SSSR count). The predicted molar refractivity (Wildman–Crippen MR) is 113 cm³/mol. The highest BCUT2D eigenvalue weighted by Gasteiger charge is 2.36. The van der Waals surface area contributed by atoms with Gasteiger partial charge in [-0.1, -0.05) is 18.2 Å². The van der Waals surface area contributed by atoms with E-state index < -0.39 is 12.1 Å². The molecule has 2 heterocycles. The van der Waals surface area contributed by atoms with Crippen LogP contribution in [0.1, 0.15) is 33.5 Å². The summed E-state index contributed by atoms with van der Waals surface area (Å²) in [7, 11) is 2.96. The van der Waals surface area contributed by atoms with Gasteiger partial charge in [-0.15, -0.1) is 11.3 Å². The molecule has 1 aromatic heterocycles. The van der Waals surface area contributed by atoms with Crippen LogP contribution in [0.4, 0.5) is 5.69 Å². The van der Waals surface area contributed by atoms with Gasteiger partial charge < -0.3 is 19.5 Å². The number of benzene rings is 2. The molecule has 0 spiro atoms. The molecule has 7 nitrogen and oxygen atoms in total. The van der Waals surface area contributed by atoms with Gasteiger partial charge in [-0.25, -0.2) is 9.78 Å². The maximum atomic E-state index is 12.6. The minimum atomic E-state index is -0.676. The Morgan fingerprint density at radius 3 is 2.57 bits per heavy atom. The Hall–Kier alpha value is -3.39. The molecule has 0 saturated carbocycles. The Balaban J connectivity index is 1.46. The topological polar surface area (TPSA) is 86.8 Å². The Morgan fingerprint density at radius 1 is 1.17 bits per heavy atom. The van der Waals surface area contributed by atoms with Gasteiger partial charge in [0.15, 0.2) is 11.5 Å². The molecule has 0 radical (unpaired) electrons. The molecule has 0 saturated heterocycles. The van der Waals surface area contributed by atoms with Gasteiger partial charge in [0.05, 0.1) is 31.3 Å². The van der Waals surface area contributed by atoms with Crippen LogP contribution in [0.25, 0.3) is 11.3 Å². The largest absolute Gasteiger partial charge is 0.493 e. The molecule has 0 aliphatic carbocycles. The van der Waals surface area contributed by atoms with Gasteiger partial charge >= 0.3 is 5.97 Å². The van der Waals surface area contributed by atoms with Crippen LogP contribution in [0.5, 0.6) is 11.5 Å². The van der Waals surface area contributed by atoms with Crippen molar-refractivity contribution in [3.63, 3.8) is 0 Å². The number of aromatic nitrogens is 1.